The number of carbonyl (C=O) groups excluding carboxylic acids is 1. The Kier molecular flexibility index (Phi) is 5.01. The lowest BCUT2D eigenvalue weighted by Crippen LogP contribution is -2.40. The predicted octanol–water partition coefficient (Wildman–Crippen LogP) is 6.66. The van der Waals surface area contributed by atoms with Crippen LogP contribution in [0.25, 0.3) is 0 Å². The lowest BCUT2D eigenvalue weighted by Gasteiger charge is -2.44. The zero-order valence-corrected chi connectivity index (χ0v) is 19.1. The summed E-state index contributed by atoms with van der Waals surface area (Å²) in [5.41, 5.74) is 3.35. The van der Waals surface area contributed by atoms with E-state index in [0.29, 0.717) is 17.2 Å². The van der Waals surface area contributed by atoms with E-state index >= 15 is 0 Å². The van der Waals surface area contributed by atoms with E-state index in [4.69, 9.17) is 9.47 Å². The maximum Gasteiger partial charge on any atom is 0.343 e. The van der Waals surface area contributed by atoms with Gasteiger partial charge < -0.3 is 9.47 Å². The third-order valence-corrected chi connectivity index (χ3v) is 8.72. The van der Waals surface area contributed by atoms with Crippen molar-refractivity contribution in [3.63, 3.8) is 0 Å². The van der Waals surface area contributed by atoms with Crippen LogP contribution in [0.3, 0.4) is 0 Å². The van der Waals surface area contributed by atoms with Crippen molar-refractivity contribution in [1.29, 1.82) is 0 Å². The van der Waals surface area contributed by atoms with Crippen LogP contribution in [0.4, 0.5) is 0 Å². The van der Waals surface area contributed by atoms with Gasteiger partial charge in [0.15, 0.2) is 0 Å². The van der Waals surface area contributed by atoms with Crippen LogP contribution in [0.15, 0.2) is 78.9 Å². The summed E-state index contributed by atoms with van der Waals surface area (Å²) in [7, 11) is 1.72. The largest absolute Gasteiger partial charge is 0.497 e. The van der Waals surface area contributed by atoms with E-state index < -0.39 is 0 Å². The Morgan fingerprint density at radius 2 is 1.45 bits per heavy atom. The molecule has 5 atom stereocenters. The summed E-state index contributed by atoms with van der Waals surface area (Å²) in [6.45, 7) is 0. The molecule has 0 aromatic heterocycles. The van der Waals surface area contributed by atoms with E-state index in [2.05, 4.69) is 36.4 Å². The number of hydrogen-bond acceptors (Lipinski definition) is 3. The molecule has 3 heteroatoms. The van der Waals surface area contributed by atoms with Crippen molar-refractivity contribution in [3.8, 4) is 11.5 Å². The van der Waals surface area contributed by atoms with Crippen LogP contribution in [0.1, 0.15) is 53.6 Å². The maximum atomic E-state index is 12.5. The summed E-state index contributed by atoms with van der Waals surface area (Å²) in [6, 6.07) is 26.2. The smallest absolute Gasteiger partial charge is 0.343 e. The molecule has 0 radical (unpaired) electrons. The molecule has 6 rings (SSSR count). The van der Waals surface area contributed by atoms with Crippen LogP contribution in [0, 0.1) is 23.7 Å². The quantitative estimate of drug-likeness (QED) is 0.330. The lowest BCUT2D eigenvalue weighted by atomic mass is 9.59. The number of hydrogen-bond donors (Lipinski definition) is 0. The summed E-state index contributed by atoms with van der Waals surface area (Å²) in [5.74, 6) is 4.44. The molecule has 0 amide bonds. The van der Waals surface area contributed by atoms with Gasteiger partial charge in [0.1, 0.15) is 11.5 Å². The Bertz CT molecular complexity index is 1140. The molecule has 3 aromatic carbocycles. The molecule has 2 bridgehead atoms. The van der Waals surface area contributed by atoms with Crippen molar-refractivity contribution < 1.29 is 14.3 Å². The molecule has 33 heavy (non-hydrogen) atoms. The minimum absolute atomic E-state index is 0.0322. The second kappa shape index (κ2) is 8.06. The Hall–Kier alpha value is -3.07. The van der Waals surface area contributed by atoms with Crippen LogP contribution in [-0.2, 0) is 5.41 Å². The first-order valence-electron chi connectivity index (χ1n) is 12.2. The molecule has 5 unspecified atom stereocenters. The van der Waals surface area contributed by atoms with E-state index in [0.717, 1.165) is 23.5 Å². The summed E-state index contributed by atoms with van der Waals surface area (Å²) in [5, 5.41) is 0. The van der Waals surface area contributed by atoms with Gasteiger partial charge in [-0.15, -0.1) is 0 Å². The fourth-order valence-electron chi connectivity index (χ4n) is 7.42. The van der Waals surface area contributed by atoms with Crippen molar-refractivity contribution in [1.82, 2.24) is 0 Å². The lowest BCUT2D eigenvalue weighted by molar-refractivity contribution is 0.0734. The highest BCUT2D eigenvalue weighted by Crippen LogP contribution is 2.68. The molecule has 3 aliphatic carbocycles. The van der Waals surface area contributed by atoms with Crippen molar-refractivity contribution in [3.05, 3.63) is 95.6 Å². The second-order valence-electron chi connectivity index (χ2n) is 10.0. The molecule has 0 N–H and O–H groups in total. The molecular weight excluding hydrogens is 408 g/mol. The molecule has 3 aliphatic rings. The van der Waals surface area contributed by atoms with Gasteiger partial charge in [-0.05, 0) is 96.9 Å². The van der Waals surface area contributed by atoms with E-state index in [1.807, 2.05) is 30.3 Å². The van der Waals surface area contributed by atoms with Crippen LogP contribution < -0.4 is 9.47 Å². The first-order valence-corrected chi connectivity index (χ1v) is 12.2. The van der Waals surface area contributed by atoms with Gasteiger partial charge in [-0.3, -0.25) is 0 Å². The maximum absolute atomic E-state index is 12.5. The van der Waals surface area contributed by atoms with Crippen molar-refractivity contribution in [2.24, 2.45) is 23.7 Å². The van der Waals surface area contributed by atoms with Gasteiger partial charge in [0.25, 0.3) is 0 Å². The molecule has 0 aliphatic heterocycles. The number of rotatable bonds is 5. The fraction of sp³-hybridized carbons (Fsp3) is 0.367. The average Bonchev–Trinajstić information content (AvgIpc) is 3.58. The summed E-state index contributed by atoms with van der Waals surface area (Å²) in [6.07, 6.45) is 6.73. The summed E-state index contributed by atoms with van der Waals surface area (Å²) in [4.78, 5) is 12.5. The number of esters is 1. The number of methoxy groups -OCH3 is 1. The first-order chi connectivity index (χ1) is 16.2. The highest BCUT2D eigenvalue weighted by atomic mass is 16.5. The van der Waals surface area contributed by atoms with Gasteiger partial charge in [-0.2, -0.15) is 0 Å². The van der Waals surface area contributed by atoms with Crippen LogP contribution in [0.5, 0.6) is 11.5 Å². The molecular formula is C30H30O3. The fourth-order valence-corrected chi connectivity index (χ4v) is 7.42. The summed E-state index contributed by atoms with van der Waals surface area (Å²) >= 11 is 0. The molecule has 0 saturated heterocycles. The highest BCUT2D eigenvalue weighted by molar-refractivity contribution is 5.90. The first kappa shape index (κ1) is 20.5. The van der Waals surface area contributed by atoms with Gasteiger partial charge in [-0.1, -0.05) is 48.9 Å². The van der Waals surface area contributed by atoms with Crippen molar-refractivity contribution in [2.45, 2.75) is 37.5 Å². The van der Waals surface area contributed by atoms with Gasteiger partial charge >= 0.3 is 5.97 Å². The number of fused-ring (bicyclic) bond motifs is 5. The zero-order valence-electron chi connectivity index (χ0n) is 19.1. The van der Waals surface area contributed by atoms with Gasteiger partial charge in [0.05, 0.1) is 12.7 Å². The van der Waals surface area contributed by atoms with E-state index in [1.165, 1.54) is 43.2 Å². The standard InChI is InChI=1S/C30H30O3/c1-32-24-14-10-22(11-15-24)30(19-21-18-28(30)27-9-5-8-26(21)27)23-12-16-25(17-13-23)33-29(31)20-6-3-2-4-7-20/h2-4,6-7,10-17,21,26-28H,5,8-9,18-19H2,1H3. The zero-order chi connectivity index (χ0) is 22.4. The number of carbonyl (C=O) groups is 1. The minimum Gasteiger partial charge on any atom is -0.497 e. The SMILES string of the molecule is COc1ccc(C2(c3ccc(OC(=O)c4ccccc4)cc3)CC3CC2C2CCCC32)cc1. The topological polar surface area (TPSA) is 35.5 Å². The Morgan fingerprint density at radius 3 is 2.12 bits per heavy atom. The van der Waals surface area contributed by atoms with E-state index in [-0.39, 0.29) is 11.4 Å². The van der Waals surface area contributed by atoms with E-state index in [9.17, 15) is 4.79 Å². The number of benzene rings is 3. The monoisotopic (exact) mass is 438 g/mol. The molecule has 3 fully saturated rings. The molecule has 3 nitrogen and oxygen atoms in total. The van der Waals surface area contributed by atoms with Crippen LogP contribution in [0.2, 0.25) is 0 Å². The Morgan fingerprint density at radius 1 is 0.818 bits per heavy atom. The predicted molar refractivity (Wildman–Crippen MR) is 129 cm³/mol. The third-order valence-electron chi connectivity index (χ3n) is 8.72. The second-order valence-corrected chi connectivity index (χ2v) is 10.0. The Labute approximate surface area is 195 Å². The van der Waals surface area contributed by atoms with Crippen LogP contribution in [-0.4, -0.2) is 13.1 Å². The molecule has 0 heterocycles. The highest BCUT2D eigenvalue weighted by Gasteiger charge is 2.61. The average molecular weight is 439 g/mol. The molecule has 168 valence electrons. The number of ether oxygens (including phenoxy) is 2. The van der Waals surface area contributed by atoms with E-state index in [1.54, 1.807) is 19.2 Å². The van der Waals surface area contributed by atoms with Crippen molar-refractivity contribution in [2.75, 3.05) is 7.11 Å². The summed E-state index contributed by atoms with van der Waals surface area (Å²) < 4.78 is 11.1. The van der Waals surface area contributed by atoms with Gasteiger partial charge in [0, 0.05) is 5.41 Å². The van der Waals surface area contributed by atoms with Crippen molar-refractivity contribution >= 4 is 5.97 Å². The normalized spacial score (nSPS) is 29.6. The molecule has 3 saturated carbocycles. The Balaban J connectivity index is 1.34. The minimum atomic E-state index is -0.318. The molecule has 3 aromatic rings. The molecule has 0 spiro atoms. The third kappa shape index (κ3) is 3.28. The van der Waals surface area contributed by atoms with Gasteiger partial charge in [0.2, 0.25) is 0 Å². The van der Waals surface area contributed by atoms with Gasteiger partial charge in [-0.25, -0.2) is 4.79 Å². The van der Waals surface area contributed by atoms with Crippen LogP contribution >= 0.6 is 0 Å².